The molecule has 1 atom stereocenters. The summed E-state index contributed by atoms with van der Waals surface area (Å²) >= 11 is 0. The van der Waals surface area contributed by atoms with Crippen molar-refractivity contribution in [2.45, 2.75) is 45.1 Å². The number of anilines is 1. The van der Waals surface area contributed by atoms with Gasteiger partial charge >= 0.3 is 0 Å². The Hall–Kier alpha value is -2.30. The van der Waals surface area contributed by atoms with Crippen molar-refractivity contribution in [2.75, 3.05) is 5.73 Å². The molecule has 5 nitrogen and oxygen atoms in total. The number of aryl methyl sites for hydroxylation is 2. The quantitative estimate of drug-likeness (QED) is 0.852. The van der Waals surface area contributed by atoms with Gasteiger partial charge in [0, 0.05) is 12.5 Å². The van der Waals surface area contributed by atoms with E-state index in [4.69, 9.17) is 11.5 Å². The summed E-state index contributed by atoms with van der Waals surface area (Å²) in [4.78, 5) is 11.8. The number of aromatic nitrogens is 2. The minimum absolute atomic E-state index is 0.196. The standard InChI is InChI=1S/C17H22N4O/c1-2-21-16(18)14(17(19)22)15(20-21)13-9-5-8-11-6-3-4-7-12(11)10-13/h3-4,6-7,13H,2,5,8-10,18H2,1H3,(H2,19,22). The van der Waals surface area contributed by atoms with Crippen LogP contribution in [0, 0.1) is 0 Å². The topological polar surface area (TPSA) is 86.9 Å². The van der Waals surface area contributed by atoms with E-state index >= 15 is 0 Å². The van der Waals surface area contributed by atoms with Crippen molar-refractivity contribution < 1.29 is 4.79 Å². The van der Waals surface area contributed by atoms with Gasteiger partial charge in [-0.3, -0.25) is 4.79 Å². The van der Waals surface area contributed by atoms with Crippen LogP contribution in [0.5, 0.6) is 0 Å². The maximum atomic E-state index is 11.8. The molecular formula is C17H22N4O. The number of fused-ring (bicyclic) bond motifs is 1. The maximum absolute atomic E-state index is 11.8. The first-order valence-electron chi connectivity index (χ1n) is 7.84. The Morgan fingerprint density at radius 2 is 2.09 bits per heavy atom. The zero-order valence-corrected chi connectivity index (χ0v) is 12.9. The highest BCUT2D eigenvalue weighted by molar-refractivity contribution is 5.98. The summed E-state index contributed by atoms with van der Waals surface area (Å²) in [5, 5.41) is 4.58. The average molecular weight is 298 g/mol. The molecule has 1 aliphatic rings. The summed E-state index contributed by atoms with van der Waals surface area (Å²) < 4.78 is 1.67. The van der Waals surface area contributed by atoms with Gasteiger partial charge in [-0.15, -0.1) is 0 Å². The number of primary amides is 1. The van der Waals surface area contributed by atoms with E-state index in [-0.39, 0.29) is 5.92 Å². The van der Waals surface area contributed by atoms with E-state index in [0.717, 1.165) is 31.4 Å². The fourth-order valence-electron chi connectivity index (χ4n) is 3.41. The van der Waals surface area contributed by atoms with Crippen molar-refractivity contribution >= 4 is 11.7 Å². The normalized spacial score (nSPS) is 17.8. The van der Waals surface area contributed by atoms with Gasteiger partial charge in [-0.05, 0) is 43.7 Å². The van der Waals surface area contributed by atoms with Gasteiger partial charge in [-0.25, -0.2) is 4.68 Å². The van der Waals surface area contributed by atoms with Crippen molar-refractivity contribution in [2.24, 2.45) is 5.73 Å². The van der Waals surface area contributed by atoms with E-state index in [9.17, 15) is 4.79 Å². The molecule has 0 radical (unpaired) electrons. The molecule has 0 spiro atoms. The van der Waals surface area contributed by atoms with Gasteiger partial charge in [0.15, 0.2) is 0 Å². The molecule has 22 heavy (non-hydrogen) atoms. The highest BCUT2D eigenvalue weighted by Gasteiger charge is 2.28. The van der Waals surface area contributed by atoms with E-state index in [0.29, 0.717) is 17.9 Å². The number of hydrogen-bond donors (Lipinski definition) is 2. The van der Waals surface area contributed by atoms with Crippen LogP contribution in [0.15, 0.2) is 24.3 Å². The Kier molecular flexibility index (Phi) is 3.88. The lowest BCUT2D eigenvalue weighted by Crippen LogP contribution is -2.17. The van der Waals surface area contributed by atoms with Crippen molar-refractivity contribution in [1.29, 1.82) is 0 Å². The summed E-state index contributed by atoms with van der Waals surface area (Å²) in [7, 11) is 0. The SMILES string of the molecule is CCn1nc(C2CCCc3ccccc3C2)c(C(N)=O)c1N. The van der Waals surface area contributed by atoms with Crippen LogP contribution in [-0.2, 0) is 19.4 Å². The minimum atomic E-state index is -0.482. The summed E-state index contributed by atoms with van der Waals surface area (Å²) in [6, 6.07) is 8.50. The number of benzene rings is 1. The Balaban J connectivity index is 2.02. The summed E-state index contributed by atoms with van der Waals surface area (Å²) in [5.41, 5.74) is 15.5. The number of rotatable bonds is 3. The molecule has 0 saturated heterocycles. The number of hydrogen-bond acceptors (Lipinski definition) is 3. The van der Waals surface area contributed by atoms with Gasteiger partial charge in [-0.2, -0.15) is 5.10 Å². The molecule has 3 rings (SSSR count). The summed E-state index contributed by atoms with van der Waals surface area (Å²) in [5.74, 6) is 0.105. The monoisotopic (exact) mass is 298 g/mol. The first-order valence-corrected chi connectivity index (χ1v) is 7.84. The van der Waals surface area contributed by atoms with Gasteiger partial charge in [0.1, 0.15) is 11.4 Å². The number of amides is 1. The Labute approximate surface area is 130 Å². The van der Waals surface area contributed by atoms with Crippen LogP contribution in [0.25, 0.3) is 0 Å². The molecule has 1 heterocycles. The second-order valence-corrected chi connectivity index (χ2v) is 5.89. The molecule has 1 aliphatic carbocycles. The lowest BCUT2D eigenvalue weighted by molar-refractivity contribution is 0.0999. The fourth-order valence-corrected chi connectivity index (χ4v) is 3.41. The zero-order valence-electron chi connectivity index (χ0n) is 12.9. The van der Waals surface area contributed by atoms with Crippen LogP contribution in [0.4, 0.5) is 5.82 Å². The van der Waals surface area contributed by atoms with Crippen molar-refractivity contribution in [1.82, 2.24) is 9.78 Å². The number of nitrogen functional groups attached to an aromatic ring is 1. The molecule has 1 unspecified atom stereocenters. The van der Waals surface area contributed by atoms with E-state index in [1.54, 1.807) is 4.68 Å². The molecule has 2 aromatic rings. The molecule has 1 aromatic heterocycles. The van der Waals surface area contributed by atoms with Gasteiger partial charge in [0.25, 0.3) is 5.91 Å². The van der Waals surface area contributed by atoms with E-state index in [2.05, 4.69) is 29.4 Å². The van der Waals surface area contributed by atoms with Crippen LogP contribution >= 0.6 is 0 Å². The molecule has 5 heteroatoms. The Morgan fingerprint density at radius 1 is 1.36 bits per heavy atom. The first kappa shape index (κ1) is 14.6. The number of carbonyl (C=O) groups is 1. The largest absolute Gasteiger partial charge is 0.383 e. The zero-order chi connectivity index (χ0) is 15.7. The van der Waals surface area contributed by atoms with Crippen molar-refractivity contribution in [3.8, 4) is 0 Å². The lowest BCUT2D eigenvalue weighted by Gasteiger charge is -2.13. The van der Waals surface area contributed by atoms with Crippen LogP contribution in [0.3, 0.4) is 0 Å². The second kappa shape index (κ2) is 5.83. The molecule has 116 valence electrons. The molecule has 4 N–H and O–H groups in total. The third kappa shape index (κ3) is 2.47. The minimum Gasteiger partial charge on any atom is -0.383 e. The highest BCUT2D eigenvalue weighted by Crippen LogP contribution is 2.34. The van der Waals surface area contributed by atoms with Gasteiger partial charge in [0.05, 0.1) is 5.69 Å². The molecular weight excluding hydrogens is 276 g/mol. The van der Waals surface area contributed by atoms with E-state index in [1.807, 2.05) is 6.92 Å². The molecule has 0 saturated carbocycles. The molecule has 0 aliphatic heterocycles. The Morgan fingerprint density at radius 3 is 2.77 bits per heavy atom. The summed E-state index contributed by atoms with van der Waals surface area (Å²) in [6.07, 6.45) is 4.03. The second-order valence-electron chi connectivity index (χ2n) is 5.89. The predicted molar refractivity (Wildman–Crippen MR) is 86.7 cm³/mol. The van der Waals surface area contributed by atoms with Gasteiger partial charge < -0.3 is 11.5 Å². The number of nitrogens with zero attached hydrogens (tertiary/aromatic N) is 2. The number of nitrogens with two attached hydrogens (primary N) is 2. The van der Waals surface area contributed by atoms with E-state index < -0.39 is 5.91 Å². The van der Waals surface area contributed by atoms with Gasteiger partial charge in [0.2, 0.25) is 0 Å². The average Bonchev–Trinajstić information content (AvgIpc) is 2.70. The predicted octanol–water partition coefficient (Wildman–Crippen LogP) is 2.25. The molecule has 0 bridgehead atoms. The fraction of sp³-hybridized carbons (Fsp3) is 0.412. The Bertz CT molecular complexity index is 705. The van der Waals surface area contributed by atoms with Crippen LogP contribution in [0.1, 0.15) is 52.9 Å². The molecule has 1 aromatic carbocycles. The lowest BCUT2D eigenvalue weighted by atomic mass is 9.91. The summed E-state index contributed by atoms with van der Waals surface area (Å²) in [6.45, 7) is 2.59. The van der Waals surface area contributed by atoms with Crippen LogP contribution < -0.4 is 11.5 Å². The smallest absolute Gasteiger partial charge is 0.254 e. The maximum Gasteiger partial charge on any atom is 0.254 e. The van der Waals surface area contributed by atoms with Gasteiger partial charge in [-0.1, -0.05) is 24.3 Å². The van der Waals surface area contributed by atoms with Crippen LogP contribution in [-0.4, -0.2) is 15.7 Å². The number of carbonyl (C=O) groups excluding carboxylic acids is 1. The van der Waals surface area contributed by atoms with Crippen LogP contribution in [0.2, 0.25) is 0 Å². The van der Waals surface area contributed by atoms with Crippen molar-refractivity contribution in [3.63, 3.8) is 0 Å². The molecule has 1 amide bonds. The van der Waals surface area contributed by atoms with E-state index in [1.165, 1.54) is 11.1 Å². The third-order valence-corrected chi connectivity index (χ3v) is 4.53. The highest BCUT2D eigenvalue weighted by atomic mass is 16.1. The molecule has 0 fully saturated rings. The first-order chi connectivity index (χ1) is 10.6. The van der Waals surface area contributed by atoms with Crippen molar-refractivity contribution in [3.05, 3.63) is 46.6 Å². The third-order valence-electron chi connectivity index (χ3n) is 4.53.